The number of hydrogen-bond donors (Lipinski definition) is 2. The lowest BCUT2D eigenvalue weighted by Crippen LogP contribution is -2.27. The zero-order chi connectivity index (χ0) is 15.1. The van der Waals surface area contributed by atoms with E-state index in [-0.39, 0.29) is 6.10 Å². The first-order chi connectivity index (χ1) is 10.7. The maximum atomic E-state index is 9.44. The standard InChI is InChI=1S/C16H20N4O2/c1-9-18-14(11-4-13(21)5-11)7-16(19-9)17-8-12-6-15(22-20-12)10-2-3-10/h6-7,10-11,13,21H,2-5,8H2,1H3,(H,17,18,19). The van der Waals surface area contributed by atoms with Gasteiger partial charge in [0, 0.05) is 29.7 Å². The summed E-state index contributed by atoms with van der Waals surface area (Å²) < 4.78 is 5.35. The summed E-state index contributed by atoms with van der Waals surface area (Å²) in [5, 5.41) is 16.8. The number of aliphatic hydroxyl groups excluding tert-OH is 1. The molecule has 2 fully saturated rings. The van der Waals surface area contributed by atoms with E-state index in [0.717, 1.165) is 41.6 Å². The van der Waals surface area contributed by atoms with Crippen molar-refractivity contribution >= 4 is 5.82 Å². The molecule has 116 valence electrons. The minimum Gasteiger partial charge on any atom is -0.393 e. The number of anilines is 1. The second-order valence-electron chi connectivity index (χ2n) is 6.40. The van der Waals surface area contributed by atoms with E-state index >= 15 is 0 Å². The lowest BCUT2D eigenvalue weighted by molar-refractivity contribution is 0.0731. The van der Waals surface area contributed by atoms with Crippen molar-refractivity contribution in [3.05, 3.63) is 35.1 Å². The molecule has 0 bridgehead atoms. The van der Waals surface area contributed by atoms with Crippen LogP contribution in [0, 0.1) is 6.92 Å². The van der Waals surface area contributed by atoms with E-state index in [1.165, 1.54) is 12.8 Å². The molecule has 2 aromatic heterocycles. The van der Waals surface area contributed by atoms with Crippen LogP contribution in [0.2, 0.25) is 0 Å². The normalized spacial score (nSPS) is 24.1. The van der Waals surface area contributed by atoms with Crippen LogP contribution in [-0.4, -0.2) is 26.3 Å². The number of nitrogens with one attached hydrogen (secondary N) is 1. The van der Waals surface area contributed by atoms with E-state index in [1.54, 1.807) is 0 Å². The van der Waals surface area contributed by atoms with E-state index in [9.17, 15) is 5.11 Å². The van der Waals surface area contributed by atoms with E-state index in [2.05, 4.69) is 20.4 Å². The van der Waals surface area contributed by atoms with Crippen molar-refractivity contribution in [3.8, 4) is 0 Å². The Labute approximate surface area is 129 Å². The summed E-state index contributed by atoms with van der Waals surface area (Å²) in [6.07, 6.45) is 3.84. The molecule has 2 aliphatic carbocycles. The molecular formula is C16H20N4O2. The fraction of sp³-hybridized carbons (Fsp3) is 0.562. The number of hydrogen-bond acceptors (Lipinski definition) is 6. The molecule has 4 rings (SSSR count). The van der Waals surface area contributed by atoms with Crippen LogP contribution in [-0.2, 0) is 6.54 Å². The summed E-state index contributed by atoms with van der Waals surface area (Å²) in [5.41, 5.74) is 1.91. The molecule has 2 saturated carbocycles. The molecule has 2 N–H and O–H groups in total. The highest BCUT2D eigenvalue weighted by molar-refractivity contribution is 5.38. The molecule has 0 aromatic carbocycles. The van der Waals surface area contributed by atoms with E-state index in [4.69, 9.17) is 4.52 Å². The van der Waals surface area contributed by atoms with E-state index in [1.807, 2.05) is 19.1 Å². The summed E-state index contributed by atoms with van der Waals surface area (Å²) in [7, 11) is 0. The third-order valence-corrected chi connectivity index (χ3v) is 4.40. The van der Waals surface area contributed by atoms with Crippen molar-refractivity contribution in [2.24, 2.45) is 0 Å². The van der Waals surface area contributed by atoms with Gasteiger partial charge < -0.3 is 14.9 Å². The van der Waals surface area contributed by atoms with Gasteiger partial charge in [-0.15, -0.1) is 0 Å². The molecule has 22 heavy (non-hydrogen) atoms. The van der Waals surface area contributed by atoms with E-state index in [0.29, 0.717) is 18.4 Å². The van der Waals surface area contributed by atoms with Crippen molar-refractivity contribution in [1.82, 2.24) is 15.1 Å². The molecule has 0 spiro atoms. The van der Waals surface area contributed by atoms with E-state index < -0.39 is 0 Å². The van der Waals surface area contributed by atoms with Crippen molar-refractivity contribution in [3.63, 3.8) is 0 Å². The van der Waals surface area contributed by atoms with Crippen molar-refractivity contribution in [2.45, 2.75) is 57.1 Å². The van der Waals surface area contributed by atoms with Gasteiger partial charge in [-0.3, -0.25) is 0 Å². The first kappa shape index (κ1) is 13.7. The summed E-state index contributed by atoms with van der Waals surface area (Å²) in [5.74, 6) is 3.49. The molecule has 0 saturated heterocycles. The number of aromatic nitrogens is 3. The molecule has 0 aliphatic heterocycles. The van der Waals surface area contributed by atoms with Crippen LogP contribution in [0.5, 0.6) is 0 Å². The Bertz CT molecular complexity index is 675. The van der Waals surface area contributed by atoms with Crippen LogP contribution >= 0.6 is 0 Å². The third-order valence-electron chi connectivity index (χ3n) is 4.40. The van der Waals surface area contributed by atoms with Crippen LogP contribution in [0.3, 0.4) is 0 Å². The number of nitrogens with zero attached hydrogens (tertiary/aromatic N) is 3. The maximum Gasteiger partial charge on any atom is 0.140 e. The van der Waals surface area contributed by atoms with Gasteiger partial charge in [0.1, 0.15) is 23.1 Å². The molecule has 0 radical (unpaired) electrons. The molecular weight excluding hydrogens is 280 g/mol. The smallest absolute Gasteiger partial charge is 0.140 e. The maximum absolute atomic E-state index is 9.44. The molecule has 0 unspecified atom stereocenters. The Morgan fingerprint density at radius 3 is 2.77 bits per heavy atom. The zero-order valence-corrected chi connectivity index (χ0v) is 12.6. The Balaban J connectivity index is 1.42. The van der Waals surface area contributed by atoms with Gasteiger partial charge in [0.25, 0.3) is 0 Å². The Morgan fingerprint density at radius 2 is 2.05 bits per heavy atom. The van der Waals surface area contributed by atoms with Crippen LogP contribution in [0.1, 0.15) is 60.5 Å². The zero-order valence-electron chi connectivity index (χ0n) is 12.6. The molecule has 6 heteroatoms. The van der Waals surface area contributed by atoms with Gasteiger partial charge in [-0.1, -0.05) is 5.16 Å². The highest BCUT2D eigenvalue weighted by Gasteiger charge is 2.30. The quantitative estimate of drug-likeness (QED) is 0.882. The van der Waals surface area contributed by atoms with Gasteiger partial charge in [-0.25, -0.2) is 9.97 Å². The Morgan fingerprint density at radius 1 is 1.23 bits per heavy atom. The average Bonchev–Trinajstić information content (AvgIpc) is 3.20. The number of rotatable bonds is 5. The highest BCUT2D eigenvalue weighted by atomic mass is 16.5. The van der Waals surface area contributed by atoms with Crippen LogP contribution in [0.4, 0.5) is 5.82 Å². The predicted molar refractivity (Wildman–Crippen MR) is 80.6 cm³/mol. The largest absolute Gasteiger partial charge is 0.393 e. The predicted octanol–water partition coefficient (Wildman–Crippen LogP) is 2.50. The Kier molecular flexibility index (Phi) is 3.33. The first-order valence-electron chi connectivity index (χ1n) is 7.90. The monoisotopic (exact) mass is 300 g/mol. The fourth-order valence-electron chi connectivity index (χ4n) is 2.87. The molecule has 2 aliphatic rings. The minimum atomic E-state index is -0.173. The molecule has 0 amide bonds. The molecule has 2 aromatic rings. The van der Waals surface area contributed by atoms with Gasteiger partial charge in [0.2, 0.25) is 0 Å². The van der Waals surface area contributed by atoms with Gasteiger partial charge in [0.15, 0.2) is 0 Å². The minimum absolute atomic E-state index is 0.173. The van der Waals surface area contributed by atoms with Crippen LogP contribution < -0.4 is 5.32 Å². The molecule has 2 heterocycles. The van der Waals surface area contributed by atoms with Gasteiger partial charge in [-0.2, -0.15) is 0 Å². The summed E-state index contributed by atoms with van der Waals surface area (Å²) in [6.45, 7) is 2.49. The lowest BCUT2D eigenvalue weighted by Gasteiger charge is -2.31. The average molecular weight is 300 g/mol. The highest BCUT2D eigenvalue weighted by Crippen LogP contribution is 2.40. The summed E-state index contributed by atoms with van der Waals surface area (Å²) in [6, 6.07) is 4.01. The van der Waals surface area contributed by atoms with Gasteiger partial charge >= 0.3 is 0 Å². The third kappa shape index (κ3) is 2.83. The number of aliphatic hydroxyl groups is 1. The Hall–Kier alpha value is -1.95. The fourth-order valence-corrected chi connectivity index (χ4v) is 2.87. The van der Waals surface area contributed by atoms with Crippen molar-refractivity contribution in [2.75, 3.05) is 5.32 Å². The van der Waals surface area contributed by atoms with Crippen molar-refractivity contribution < 1.29 is 9.63 Å². The summed E-state index contributed by atoms with van der Waals surface area (Å²) in [4.78, 5) is 8.90. The second kappa shape index (κ2) is 5.35. The SMILES string of the molecule is Cc1nc(NCc2cc(C3CC3)on2)cc(C2CC(O)C2)n1. The van der Waals surface area contributed by atoms with Crippen LogP contribution in [0.15, 0.2) is 16.7 Å². The first-order valence-corrected chi connectivity index (χ1v) is 7.90. The molecule has 0 atom stereocenters. The van der Waals surface area contributed by atoms with Gasteiger partial charge in [0.05, 0.1) is 12.6 Å². The van der Waals surface area contributed by atoms with Crippen LogP contribution in [0.25, 0.3) is 0 Å². The number of aryl methyl sites for hydroxylation is 1. The second-order valence-corrected chi connectivity index (χ2v) is 6.40. The van der Waals surface area contributed by atoms with Crippen molar-refractivity contribution in [1.29, 1.82) is 0 Å². The molecule has 6 nitrogen and oxygen atoms in total. The summed E-state index contributed by atoms with van der Waals surface area (Å²) >= 11 is 0. The topological polar surface area (TPSA) is 84.1 Å². The lowest BCUT2D eigenvalue weighted by atomic mass is 9.80. The van der Waals surface area contributed by atoms with Gasteiger partial charge in [-0.05, 0) is 32.6 Å².